The van der Waals surface area contributed by atoms with Crippen molar-refractivity contribution in [2.24, 2.45) is 11.5 Å². The van der Waals surface area contributed by atoms with E-state index in [4.69, 9.17) is 21.7 Å². The summed E-state index contributed by atoms with van der Waals surface area (Å²) in [6, 6.07) is 0. The van der Waals surface area contributed by atoms with Crippen molar-refractivity contribution >= 4 is 0 Å². The van der Waals surface area contributed by atoms with Gasteiger partial charge in [-0.15, -0.1) is 0 Å². The third-order valence-corrected chi connectivity index (χ3v) is 1.30. The van der Waals surface area contributed by atoms with Crippen molar-refractivity contribution in [3.8, 4) is 0 Å². The van der Waals surface area contributed by atoms with Gasteiger partial charge in [-0.2, -0.15) is 0 Å². The van der Waals surface area contributed by atoms with Crippen LogP contribution < -0.4 is 16.8 Å². The predicted octanol–water partition coefficient (Wildman–Crippen LogP) is -2.78. The number of hydrogen-bond donors (Lipinski definition) is 5. The van der Waals surface area contributed by atoms with Gasteiger partial charge in [-0.1, -0.05) is 0 Å². The van der Waals surface area contributed by atoms with Crippen LogP contribution in [0, 0.1) is 0 Å². The highest BCUT2D eigenvalue weighted by Crippen LogP contribution is 1.77. The summed E-state index contributed by atoms with van der Waals surface area (Å²) in [7, 11) is 0. The van der Waals surface area contributed by atoms with E-state index in [1.54, 1.807) is 0 Å². The molecule has 0 saturated heterocycles. The van der Waals surface area contributed by atoms with E-state index < -0.39 is 12.2 Å². The van der Waals surface area contributed by atoms with Gasteiger partial charge in [0.25, 0.3) is 0 Å². The van der Waals surface area contributed by atoms with Gasteiger partial charge < -0.3 is 27.0 Å². The van der Waals surface area contributed by atoms with E-state index in [0.29, 0.717) is 13.1 Å². The molecule has 11 heavy (non-hydrogen) atoms. The van der Waals surface area contributed by atoms with Crippen molar-refractivity contribution in [3.05, 3.63) is 0 Å². The summed E-state index contributed by atoms with van der Waals surface area (Å²) in [4.78, 5) is 0. The molecule has 0 spiro atoms. The Morgan fingerprint density at radius 1 is 1.00 bits per heavy atom. The van der Waals surface area contributed by atoms with Crippen LogP contribution in [0.1, 0.15) is 0 Å². The molecule has 0 rings (SSSR count). The maximum absolute atomic E-state index is 8.94. The fourth-order valence-electron chi connectivity index (χ4n) is 0.583. The van der Waals surface area contributed by atoms with Gasteiger partial charge >= 0.3 is 0 Å². The number of aliphatic hydroxyl groups excluding tert-OH is 2. The predicted molar refractivity (Wildman–Crippen MR) is 43.0 cm³/mol. The second-order valence-electron chi connectivity index (χ2n) is 2.44. The minimum absolute atomic E-state index is 0.228. The van der Waals surface area contributed by atoms with Crippen molar-refractivity contribution in [2.75, 3.05) is 26.2 Å². The van der Waals surface area contributed by atoms with E-state index in [9.17, 15) is 0 Å². The lowest BCUT2D eigenvalue weighted by Gasteiger charge is -2.11. The first kappa shape index (κ1) is 10.8. The molecule has 5 heteroatoms. The molecule has 7 N–H and O–H groups in total. The summed E-state index contributed by atoms with van der Waals surface area (Å²) in [5.41, 5.74) is 10.3. The maximum atomic E-state index is 8.94. The Balaban J connectivity index is 3.13. The van der Waals surface area contributed by atoms with Gasteiger partial charge in [-0.3, -0.25) is 0 Å². The first-order valence-electron chi connectivity index (χ1n) is 3.67. The fraction of sp³-hybridized carbons (Fsp3) is 1.00. The Labute approximate surface area is 66.4 Å². The number of nitrogens with two attached hydrogens (primary N) is 2. The minimum atomic E-state index is -0.542. The fourth-order valence-corrected chi connectivity index (χ4v) is 0.583. The van der Waals surface area contributed by atoms with Crippen molar-refractivity contribution in [1.82, 2.24) is 5.32 Å². The lowest BCUT2D eigenvalue weighted by Crippen LogP contribution is -2.38. The van der Waals surface area contributed by atoms with Crippen molar-refractivity contribution < 1.29 is 10.2 Å². The topological polar surface area (TPSA) is 105 Å². The highest BCUT2D eigenvalue weighted by Gasteiger charge is 2.02. The van der Waals surface area contributed by atoms with E-state index in [0.717, 1.165) is 0 Å². The van der Waals surface area contributed by atoms with Crippen molar-refractivity contribution in [3.63, 3.8) is 0 Å². The first-order chi connectivity index (χ1) is 5.20. The van der Waals surface area contributed by atoms with Gasteiger partial charge in [0, 0.05) is 26.2 Å². The van der Waals surface area contributed by atoms with Crippen LogP contribution in [0.15, 0.2) is 0 Å². The third kappa shape index (κ3) is 6.21. The largest absolute Gasteiger partial charge is 0.390 e. The molecule has 0 heterocycles. The zero-order valence-electron chi connectivity index (χ0n) is 6.53. The van der Waals surface area contributed by atoms with E-state index >= 15 is 0 Å². The molecular formula is C6H17N3O2. The van der Waals surface area contributed by atoms with Gasteiger partial charge in [-0.05, 0) is 0 Å². The smallest absolute Gasteiger partial charge is 0.0786 e. The van der Waals surface area contributed by atoms with Gasteiger partial charge in [0.15, 0.2) is 0 Å². The van der Waals surface area contributed by atoms with E-state index in [-0.39, 0.29) is 13.1 Å². The van der Waals surface area contributed by atoms with E-state index in [1.807, 2.05) is 0 Å². The molecular weight excluding hydrogens is 146 g/mol. The quantitative estimate of drug-likeness (QED) is 0.291. The summed E-state index contributed by atoms with van der Waals surface area (Å²) in [6.07, 6.45) is -1.08. The molecule has 2 atom stereocenters. The molecule has 0 aromatic heterocycles. The third-order valence-electron chi connectivity index (χ3n) is 1.30. The van der Waals surface area contributed by atoms with Crippen LogP contribution in [0.3, 0.4) is 0 Å². The van der Waals surface area contributed by atoms with Gasteiger partial charge in [-0.25, -0.2) is 0 Å². The normalized spacial score (nSPS) is 16.4. The van der Waals surface area contributed by atoms with E-state index in [1.165, 1.54) is 0 Å². The number of nitrogens with one attached hydrogen (secondary N) is 1. The molecule has 0 fully saturated rings. The van der Waals surface area contributed by atoms with Crippen LogP contribution >= 0.6 is 0 Å². The van der Waals surface area contributed by atoms with Gasteiger partial charge in [0.05, 0.1) is 12.2 Å². The Morgan fingerprint density at radius 3 is 1.64 bits per heavy atom. The molecule has 0 bridgehead atoms. The molecule has 0 aliphatic rings. The average Bonchev–Trinajstić information content (AvgIpc) is 2.04. The molecule has 68 valence electrons. The molecule has 0 aliphatic heterocycles. The number of rotatable bonds is 6. The van der Waals surface area contributed by atoms with Crippen molar-refractivity contribution in [2.45, 2.75) is 12.2 Å². The van der Waals surface area contributed by atoms with Crippen LogP contribution in [0.2, 0.25) is 0 Å². The lowest BCUT2D eigenvalue weighted by atomic mass is 10.3. The molecule has 5 nitrogen and oxygen atoms in total. The monoisotopic (exact) mass is 163 g/mol. The molecule has 0 aliphatic carbocycles. The second-order valence-corrected chi connectivity index (χ2v) is 2.44. The van der Waals surface area contributed by atoms with E-state index in [2.05, 4.69) is 5.32 Å². The molecule has 0 radical (unpaired) electrons. The SMILES string of the molecule is NCC(O)CNCC(O)CN. The number of aliphatic hydroxyl groups is 2. The van der Waals surface area contributed by atoms with Crippen LogP contribution in [0.5, 0.6) is 0 Å². The molecule has 2 unspecified atom stereocenters. The Hall–Kier alpha value is -0.200. The summed E-state index contributed by atoms with van der Waals surface area (Å²) >= 11 is 0. The van der Waals surface area contributed by atoms with Gasteiger partial charge in [0.2, 0.25) is 0 Å². The summed E-state index contributed by atoms with van der Waals surface area (Å²) in [5.74, 6) is 0. The minimum Gasteiger partial charge on any atom is -0.390 e. The highest BCUT2D eigenvalue weighted by atomic mass is 16.3. The Kier molecular flexibility index (Phi) is 6.39. The average molecular weight is 163 g/mol. The lowest BCUT2D eigenvalue weighted by molar-refractivity contribution is 0.153. The molecule has 0 aromatic carbocycles. The van der Waals surface area contributed by atoms with Gasteiger partial charge in [0.1, 0.15) is 0 Å². The van der Waals surface area contributed by atoms with Crippen LogP contribution in [0.4, 0.5) is 0 Å². The zero-order chi connectivity index (χ0) is 8.69. The zero-order valence-corrected chi connectivity index (χ0v) is 6.53. The molecule has 0 amide bonds. The van der Waals surface area contributed by atoms with Crippen LogP contribution in [0.25, 0.3) is 0 Å². The molecule has 0 saturated carbocycles. The van der Waals surface area contributed by atoms with Crippen molar-refractivity contribution in [1.29, 1.82) is 0 Å². The number of hydrogen-bond acceptors (Lipinski definition) is 5. The Morgan fingerprint density at radius 2 is 1.36 bits per heavy atom. The Bertz CT molecular complexity index is 81.9. The first-order valence-corrected chi connectivity index (χ1v) is 3.67. The molecule has 0 aromatic rings. The summed E-state index contributed by atoms with van der Waals surface area (Å²) in [5, 5.41) is 20.7. The maximum Gasteiger partial charge on any atom is 0.0786 e. The highest BCUT2D eigenvalue weighted by molar-refractivity contribution is 4.63. The standard InChI is InChI=1S/C6H17N3O2/c7-1-5(10)3-9-4-6(11)2-8/h5-6,9-11H,1-4,7-8H2. The van der Waals surface area contributed by atoms with Crippen LogP contribution in [-0.2, 0) is 0 Å². The second kappa shape index (κ2) is 6.51. The summed E-state index contributed by atoms with van der Waals surface area (Å²) in [6.45, 7) is 1.25. The summed E-state index contributed by atoms with van der Waals surface area (Å²) < 4.78 is 0. The van der Waals surface area contributed by atoms with Crippen LogP contribution in [-0.4, -0.2) is 48.6 Å².